The molecule has 1 unspecified atom stereocenters. The van der Waals surface area contributed by atoms with Gasteiger partial charge >= 0.3 is 0 Å². The van der Waals surface area contributed by atoms with Gasteiger partial charge in [0.2, 0.25) is 0 Å². The smallest absolute Gasteiger partial charge is 0.0804 e. The van der Waals surface area contributed by atoms with E-state index < -0.39 is 0 Å². The predicted octanol–water partition coefficient (Wildman–Crippen LogP) is 4.18. The monoisotopic (exact) mass is 289 g/mol. The molecule has 0 saturated carbocycles. The van der Waals surface area contributed by atoms with E-state index in [-0.39, 0.29) is 6.10 Å². The molecule has 2 nitrogen and oxygen atoms in total. The Kier molecular flexibility index (Phi) is 5.45. The van der Waals surface area contributed by atoms with Crippen LogP contribution in [0.25, 0.3) is 0 Å². The van der Waals surface area contributed by atoms with Gasteiger partial charge in [0.25, 0.3) is 0 Å². The van der Waals surface area contributed by atoms with Gasteiger partial charge < -0.3 is 10.0 Å². The third-order valence-corrected chi connectivity index (χ3v) is 5.08. The SMILES string of the molecule is Cc1ccccc1C(O)CCN1CCC(C(C)(C)C)CC1. The second-order valence-corrected chi connectivity index (χ2v) is 7.64. The Balaban J connectivity index is 1.79. The van der Waals surface area contributed by atoms with E-state index in [9.17, 15) is 5.11 Å². The quantitative estimate of drug-likeness (QED) is 0.899. The van der Waals surface area contributed by atoms with Gasteiger partial charge in [0.1, 0.15) is 0 Å². The highest BCUT2D eigenvalue weighted by atomic mass is 16.3. The lowest BCUT2D eigenvalue weighted by atomic mass is 9.75. The molecule has 2 heteroatoms. The summed E-state index contributed by atoms with van der Waals surface area (Å²) >= 11 is 0. The zero-order valence-electron chi connectivity index (χ0n) is 14.1. The van der Waals surface area contributed by atoms with E-state index in [0.717, 1.165) is 24.4 Å². The van der Waals surface area contributed by atoms with Crippen molar-refractivity contribution in [2.45, 2.75) is 53.1 Å². The van der Waals surface area contributed by atoms with Crippen molar-refractivity contribution < 1.29 is 5.11 Å². The number of benzene rings is 1. The summed E-state index contributed by atoms with van der Waals surface area (Å²) < 4.78 is 0. The van der Waals surface area contributed by atoms with E-state index >= 15 is 0 Å². The van der Waals surface area contributed by atoms with Gasteiger partial charge in [0.05, 0.1) is 6.10 Å². The van der Waals surface area contributed by atoms with Crippen molar-refractivity contribution >= 4 is 0 Å². The molecule has 0 radical (unpaired) electrons. The highest BCUT2D eigenvalue weighted by Gasteiger charge is 2.28. The number of aryl methyl sites for hydroxylation is 1. The molecule has 2 rings (SSSR count). The molecule has 0 aliphatic carbocycles. The number of hydrogen-bond donors (Lipinski definition) is 1. The first-order valence-electron chi connectivity index (χ1n) is 8.34. The highest BCUT2D eigenvalue weighted by Crippen LogP contribution is 2.34. The lowest BCUT2D eigenvalue weighted by molar-refractivity contribution is 0.0914. The molecule has 0 bridgehead atoms. The summed E-state index contributed by atoms with van der Waals surface area (Å²) in [6.07, 6.45) is 3.10. The topological polar surface area (TPSA) is 23.5 Å². The van der Waals surface area contributed by atoms with Crippen molar-refractivity contribution in [2.75, 3.05) is 19.6 Å². The summed E-state index contributed by atoms with van der Waals surface area (Å²) in [4.78, 5) is 2.52. The lowest BCUT2D eigenvalue weighted by Gasteiger charge is -2.39. The molecule has 1 atom stereocenters. The van der Waals surface area contributed by atoms with Crippen LogP contribution in [0, 0.1) is 18.3 Å². The first-order chi connectivity index (χ1) is 9.88. The zero-order chi connectivity index (χ0) is 15.5. The molecule has 1 aliphatic heterocycles. The Morgan fingerprint density at radius 1 is 1.19 bits per heavy atom. The normalized spacial score (nSPS) is 19.7. The van der Waals surface area contributed by atoms with Gasteiger partial charge in [-0.1, -0.05) is 45.0 Å². The Labute approximate surface area is 130 Å². The minimum absolute atomic E-state index is 0.327. The number of hydrogen-bond acceptors (Lipinski definition) is 2. The third-order valence-electron chi connectivity index (χ3n) is 5.08. The van der Waals surface area contributed by atoms with Crippen molar-refractivity contribution in [3.63, 3.8) is 0 Å². The molecule has 1 aliphatic rings. The molecule has 118 valence electrons. The average molecular weight is 289 g/mol. The van der Waals surface area contributed by atoms with E-state index in [1.54, 1.807) is 0 Å². The predicted molar refractivity (Wildman–Crippen MR) is 89.4 cm³/mol. The van der Waals surface area contributed by atoms with Crippen LogP contribution in [0.2, 0.25) is 0 Å². The zero-order valence-corrected chi connectivity index (χ0v) is 14.1. The number of aliphatic hydroxyl groups is 1. The molecule has 0 aromatic heterocycles. The molecule has 1 aromatic carbocycles. The summed E-state index contributed by atoms with van der Waals surface area (Å²) in [7, 11) is 0. The van der Waals surface area contributed by atoms with E-state index in [4.69, 9.17) is 0 Å². The van der Waals surface area contributed by atoms with Crippen LogP contribution in [0.1, 0.15) is 57.3 Å². The molecule has 0 spiro atoms. The minimum atomic E-state index is -0.327. The van der Waals surface area contributed by atoms with Crippen LogP contribution in [0.4, 0.5) is 0 Å². The summed E-state index contributed by atoms with van der Waals surface area (Å²) in [6.45, 7) is 12.5. The van der Waals surface area contributed by atoms with Gasteiger partial charge in [-0.2, -0.15) is 0 Å². The second-order valence-electron chi connectivity index (χ2n) is 7.64. The second kappa shape index (κ2) is 6.93. The lowest BCUT2D eigenvalue weighted by Crippen LogP contribution is -2.38. The number of likely N-dealkylation sites (tertiary alicyclic amines) is 1. The van der Waals surface area contributed by atoms with Crippen LogP contribution >= 0.6 is 0 Å². The van der Waals surface area contributed by atoms with Crippen LogP contribution in [0.5, 0.6) is 0 Å². The van der Waals surface area contributed by atoms with Crippen LogP contribution < -0.4 is 0 Å². The molecule has 21 heavy (non-hydrogen) atoms. The average Bonchev–Trinajstić information content (AvgIpc) is 2.45. The van der Waals surface area contributed by atoms with Crippen LogP contribution in [0.15, 0.2) is 24.3 Å². The molecule has 1 heterocycles. The minimum Gasteiger partial charge on any atom is -0.388 e. The molecule has 0 amide bonds. The molecular weight excluding hydrogens is 258 g/mol. The Hall–Kier alpha value is -0.860. The van der Waals surface area contributed by atoms with Gasteiger partial charge in [-0.3, -0.25) is 0 Å². The molecule has 1 fully saturated rings. The first kappa shape index (κ1) is 16.5. The maximum Gasteiger partial charge on any atom is 0.0804 e. The van der Waals surface area contributed by atoms with Crippen LogP contribution in [-0.4, -0.2) is 29.6 Å². The maximum atomic E-state index is 10.4. The van der Waals surface area contributed by atoms with Gasteiger partial charge in [-0.25, -0.2) is 0 Å². The van der Waals surface area contributed by atoms with Crippen molar-refractivity contribution in [1.82, 2.24) is 4.90 Å². The van der Waals surface area contributed by atoms with Gasteiger partial charge in [0.15, 0.2) is 0 Å². The van der Waals surface area contributed by atoms with E-state index in [2.05, 4.69) is 38.7 Å². The van der Waals surface area contributed by atoms with Gasteiger partial charge in [-0.05, 0) is 61.7 Å². The molecule has 1 aromatic rings. The Morgan fingerprint density at radius 3 is 2.38 bits per heavy atom. The third kappa shape index (κ3) is 4.55. The summed E-state index contributed by atoms with van der Waals surface area (Å²) in [5, 5.41) is 10.4. The fourth-order valence-corrected chi connectivity index (χ4v) is 3.44. The van der Waals surface area contributed by atoms with Crippen molar-refractivity contribution in [3.8, 4) is 0 Å². The van der Waals surface area contributed by atoms with Crippen molar-refractivity contribution in [2.24, 2.45) is 11.3 Å². The number of rotatable bonds is 4. The number of piperidine rings is 1. The van der Waals surface area contributed by atoms with E-state index in [0.29, 0.717) is 5.41 Å². The van der Waals surface area contributed by atoms with E-state index in [1.165, 1.54) is 31.5 Å². The maximum absolute atomic E-state index is 10.4. The Bertz CT molecular complexity index is 441. The number of aliphatic hydroxyl groups excluding tert-OH is 1. The Morgan fingerprint density at radius 2 is 1.81 bits per heavy atom. The highest BCUT2D eigenvalue weighted by molar-refractivity contribution is 5.27. The first-order valence-corrected chi connectivity index (χ1v) is 8.34. The fraction of sp³-hybridized carbons (Fsp3) is 0.684. The van der Waals surface area contributed by atoms with Crippen molar-refractivity contribution in [3.05, 3.63) is 35.4 Å². The molecule has 1 saturated heterocycles. The van der Waals surface area contributed by atoms with Gasteiger partial charge in [-0.15, -0.1) is 0 Å². The summed E-state index contributed by atoms with van der Waals surface area (Å²) in [5.41, 5.74) is 2.71. The largest absolute Gasteiger partial charge is 0.388 e. The standard InChI is InChI=1S/C19H31NO/c1-15-7-5-6-8-17(15)18(21)11-14-20-12-9-16(10-13-20)19(2,3)4/h5-8,16,18,21H,9-14H2,1-4H3. The summed E-state index contributed by atoms with van der Waals surface area (Å²) in [6, 6.07) is 8.17. The molecule has 1 N–H and O–H groups in total. The van der Waals surface area contributed by atoms with Crippen LogP contribution in [0.3, 0.4) is 0 Å². The van der Waals surface area contributed by atoms with E-state index in [1.807, 2.05) is 18.2 Å². The fourth-order valence-electron chi connectivity index (χ4n) is 3.44. The molecular formula is C19H31NO. The summed E-state index contributed by atoms with van der Waals surface area (Å²) in [5.74, 6) is 0.843. The van der Waals surface area contributed by atoms with Crippen molar-refractivity contribution in [1.29, 1.82) is 0 Å². The van der Waals surface area contributed by atoms with Crippen LogP contribution in [-0.2, 0) is 0 Å². The number of nitrogens with zero attached hydrogens (tertiary/aromatic N) is 1. The van der Waals surface area contributed by atoms with Gasteiger partial charge in [0, 0.05) is 6.54 Å².